The van der Waals surface area contributed by atoms with E-state index in [0.717, 1.165) is 34.6 Å². The summed E-state index contributed by atoms with van der Waals surface area (Å²) in [6.45, 7) is 6.07. The van der Waals surface area contributed by atoms with Gasteiger partial charge in [-0.15, -0.1) is 10.2 Å². The lowest BCUT2D eigenvalue weighted by Crippen LogP contribution is -2.41. The third kappa shape index (κ3) is 3.84. The van der Waals surface area contributed by atoms with Gasteiger partial charge >= 0.3 is 0 Å². The summed E-state index contributed by atoms with van der Waals surface area (Å²) in [6, 6.07) is 13.2. The number of halogens is 1. The topological polar surface area (TPSA) is 71.8 Å². The number of hydrogen-bond donors (Lipinski definition) is 2. The van der Waals surface area contributed by atoms with E-state index in [2.05, 4.69) is 20.9 Å². The molecule has 0 unspecified atom stereocenters. The number of anilines is 1. The third-order valence-electron chi connectivity index (χ3n) is 5.17. The number of fused-ring (bicyclic) bond motifs is 1. The number of carbonyl (C=O) groups is 1. The second kappa shape index (κ2) is 8.08. The summed E-state index contributed by atoms with van der Waals surface area (Å²) >= 11 is 7.49. The van der Waals surface area contributed by atoms with Gasteiger partial charge in [0.05, 0.1) is 6.04 Å². The molecule has 3 aromatic rings. The van der Waals surface area contributed by atoms with Crippen LogP contribution in [0.1, 0.15) is 35.5 Å². The van der Waals surface area contributed by atoms with Gasteiger partial charge in [-0.05, 0) is 48.7 Å². The largest absolute Gasteiger partial charge is 0.325 e. The van der Waals surface area contributed by atoms with Gasteiger partial charge in [-0.2, -0.15) is 0 Å². The summed E-state index contributed by atoms with van der Waals surface area (Å²) < 4.78 is 1.88. The van der Waals surface area contributed by atoms with E-state index < -0.39 is 5.25 Å². The molecule has 2 atom stereocenters. The zero-order valence-electron chi connectivity index (χ0n) is 16.4. The molecule has 0 saturated carbocycles. The maximum atomic E-state index is 13.3. The number of carbonyl (C=O) groups excluding carboxylic acids is 1. The summed E-state index contributed by atoms with van der Waals surface area (Å²) in [4.78, 5) is 13.3. The Morgan fingerprint density at radius 3 is 2.69 bits per heavy atom. The molecule has 1 aromatic heterocycles. The van der Waals surface area contributed by atoms with Crippen LogP contribution in [0.25, 0.3) is 0 Å². The highest BCUT2D eigenvalue weighted by atomic mass is 35.5. The lowest BCUT2D eigenvalue weighted by Gasteiger charge is -2.33. The van der Waals surface area contributed by atoms with Crippen LogP contribution in [0.5, 0.6) is 0 Å². The second-order valence-electron chi connectivity index (χ2n) is 7.02. The van der Waals surface area contributed by atoms with E-state index >= 15 is 0 Å². The molecular formula is C21H22ClN5OS. The van der Waals surface area contributed by atoms with Crippen molar-refractivity contribution < 1.29 is 4.79 Å². The van der Waals surface area contributed by atoms with Gasteiger partial charge < -0.3 is 10.7 Å². The average molecular weight is 428 g/mol. The Kier molecular flexibility index (Phi) is 5.52. The van der Waals surface area contributed by atoms with Crippen LogP contribution in [0.15, 0.2) is 47.6 Å². The molecule has 6 nitrogen and oxygen atoms in total. The van der Waals surface area contributed by atoms with Gasteiger partial charge in [0.25, 0.3) is 0 Å². The predicted molar refractivity (Wildman–Crippen MR) is 117 cm³/mol. The fourth-order valence-corrected chi connectivity index (χ4v) is 4.56. The molecule has 1 amide bonds. The van der Waals surface area contributed by atoms with Crippen molar-refractivity contribution in [1.82, 2.24) is 14.9 Å². The molecule has 1 aliphatic rings. The van der Waals surface area contributed by atoms with E-state index in [-0.39, 0.29) is 11.9 Å². The highest BCUT2D eigenvalue weighted by Gasteiger charge is 2.37. The Morgan fingerprint density at radius 1 is 1.21 bits per heavy atom. The minimum Gasteiger partial charge on any atom is -0.325 e. The Balaban J connectivity index is 1.69. The zero-order valence-corrected chi connectivity index (χ0v) is 18.0. The monoisotopic (exact) mass is 427 g/mol. The van der Waals surface area contributed by atoms with Crippen molar-refractivity contribution in [3.63, 3.8) is 0 Å². The zero-order chi connectivity index (χ0) is 20.5. The van der Waals surface area contributed by atoms with Crippen molar-refractivity contribution in [3.05, 3.63) is 70.0 Å². The molecule has 2 aromatic carbocycles. The first-order valence-electron chi connectivity index (χ1n) is 9.48. The summed E-state index contributed by atoms with van der Waals surface area (Å²) in [5.74, 6) is 0.753. The van der Waals surface area contributed by atoms with Crippen LogP contribution in [0.3, 0.4) is 0 Å². The number of benzene rings is 2. The van der Waals surface area contributed by atoms with Gasteiger partial charge in [-0.3, -0.25) is 4.79 Å². The normalized spacial score (nSPS) is 18.1. The molecule has 2 heterocycles. The molecular weight excluding hydrogens is 406 g/mol. The van der Waals surface area contributed by atoms with Gasteiger partial charge in [0.2, 0.25) is 11.1 Å². The lowest BCUT2D eigenvalue weighted by atomic mass is 10.0. The van der Waals surface area contributed by atoms with E-state index in [1.807, 2.05) is 67.9 Å². The molecule has 8 heteroatoms. The van der Waals surface area contributed by atoms with Crippen LogP contribution in [0.4, 0.5) is 5.69 Å². The maximum absolute atomic E-state index is 13.3. The number of amides is 1. The van der Waals surface area contributed by atoms with Crippen LogP contribution in [-0.4, -0.2) is 26.0 Å². The molecule has 0 aliphatic carbocycles. The van der Waals surface area contributed by atoms with Crippen molar-refractivity contribution in [2.75, 3.05) is 10.7 Å². The fourth-order valence-electron chi connectivity index (χ4n) is 3.34. The predicted octanol–water partition coefficient (Wildman–Crippen LogP) is 4.51. The molecule has 2 N–H and O–H groups in total. The van der Waals surface area contributed by atoms with Gasteiger partial charge in [-0.25, -0.2) is 4.68 Å². The summed E-state index contributed by atoms with van der Waals surface area (Å²) in [7, 11) is 0. The van der Waals surface area contributed by atoms with Crippen LogP contribution in [0, 0.1) is 13.8 Å². The van der Waals surface area contributed by atoms with E-state index in [0.29, 0.717) is 10.2 Å². The molecule has 29 heavy (non-hydrogen) atoms. The highest BCUT2D eigenvalue weighted by Crippen LogP contribution is 2.38. The quantitative estimate of drug-likeness (QED) is 0.641. The van der Waals surface area contributed by atoms with E-state index in [4.69, 9.17) is 11.6 Å². The van der Waals surface area contributed by atoms with E-state index in [9.17, 15) is 4.79 Å². The third-order valence-corrected chi connectivity index (χ3v) is 6.64. The average Bonchev–Trinajstić information content (AvgIpc) is 3.13. The molecule has 0 spiro atoms. The Hall–Kier alpha value is -2.51. The number of rotatable bonds is 4. The van der Waals surface area contributed by atoms with Gasteiger partial charge in [0.15, 0.2) is 5.82 Å². The van der Waals surface area contributed by atoms with Crippen LogP contribution in [0.2, 0.25) is 5.02 Å². The molecule has 0 saturated heterocycles. The lowest BCUT2D eigenvalue weighted by molar-refractivity contribution is -0.116. The van der Waals surface area contributed by atoms with Gasteiger partial charge in [0.1, 0.15) is 5.25 Å². The number of aryl methyl sites for hydroxylation is 2. The first kappa shape index (κ1) is 19.8. The van der Waals surface area contributed by atoms with Gasteiger partial charge in [0, 0.05) is 17.1 Å². The van der Waals surface area contributed by atoms with E-state index in [1.54, 1.807) is 0 Å². The molecule has 0 fully saturated rings. The SMILES string of the molecule is CCc1nnc2n1N[C@H](c1ccc(Cl)cc1)[C@H](C(=O)Nc1cccc(C)c1C)S2. The van der Waals surface area contributed by atoms with Crippen LogP contribution in [-0.2, 0) is 11.2 Å². The second-order valence-corrected chi connectivity index (χ2v) is 8.57. The molecule has 150 valence electrons. The fraction of sp³-hybridized carbons (Fsp3) is 0.286. The Morgan fingerprint density at radius 2 is 1.97 bits per heavy atom. The standard InChI is InChI=1S/C21H22ClN5OS/c1-4-17-24-25-21-27(17)26-18(14-8-10-15(22)11-9-14)19(29-21)20(28)23-16-7-5-6-12(2)13(16)3/h5-11,18-19,26H,4H2,1-3H3,(H,23,28)/t18-,19-/m1/s1. The van der Waals surface area contributed by atoms with Crippen molar-refractivity contribution >= 4 is 35.0 Å². The summed E-state index contributed by atoms with van der Waals surface area (Å²) in [5.41, 5.74) is 7.45. The Bertz CT molecular complexity index is 1050. The summed E-state index contributed by atoms with van der Waals surface area (Å²) in [5, 5.41) is 12.5. The van der Waals surface area contributed by atoms with Crippen LogP contribution < -0.4 is 10.7 Å². The highest BCUT2D eigenvalue weighted by molar-refractivity contribution is 8.00. The Labute approximate surface area is 179 Å². The first-order chi connectivity index (χ1) is 14.0. The minimum atomic E-state index is -0.419. The van der Waals surface area contributed by atoms with Crippen molar-refractivity contribution in [2.45, 2.75) is 43.6 Å². The van der Waals surface area contributed by atoms with Crippen molar-refractivity contribution in [3.8, 4) is 0 Å². The van der Waals surface area contributed by atoms with Crippen molar-refractivity contribution in [2.24, 2.45) is 0 Å². The molecule has 1 aliphatic heterocycles. The molecule has 0 bridgehead atoms. The number of hydrogen-bond acceptors (Lipinski definition) is 5. The number of aromatic nitrogens is 3. The molecule has 4 rings (SSSR count). The number of nitrogens with one attached hydrogen (secondary N) is 2. The minimum absolute atomic E-state index is 0.0801. The first-order valence-corrected chi connectivity index (χ1v) is 10.7. The number of nitrogens with zero attached hydrogens (tertiary/aromatic N) is 3. The van der Waals surface area contributed by atoms with Gasteiger partial charge in [-0.1, -0.05) is 54.6 Å². The van der Waals surface area contributed by atoms with Crippen molar-refractivity contribution in [1.29, 1.82) is 0 Å². The number of thioether (sulfide) groups is 1. The smallest absolute Gasteiger partial charge is 0.240 e. The van der Waals surface area contributed by atoms with Crippen LogP contribution >= 0.6 is 23.4 Å². The molecule has 0 radical (unpaired) electrons. The summed E-state index contributed by atoms with van der Waals surface area (Å²) in [6.07, 6.45) is 0.743. The maximum Gasteiger partial charge on any atom is 0.240 e. The van der Waals surface area contributed by atoms with E-state index in [1.165, 1.54) is 11.8 Å².